The minimum absolute atomic E-state index is 0.0246. The van der Waals surface area contributed by atoms with Gasteiger partial charge in [0.25, 0.3) is 0 Å². The van der Waals surface area contributed by atoms with Crippen LogP contribution < -0.4 is 0 Å². The highest BCUT2D eigenvalue weighted by atomic mass is 16.5. The molecule has 0 radical (unpaired) electrons. The number of hydrogen-bond donors (Lipinski definition) is 0. The fraction of sp³-hybridized carbons (Fsp3) is 0.613. The SMILES string of the molecule is C/C=C(/CCOCC1=CCCC=C1)C(=O)[C@H](CCC)CCCC(=O)C1=CCC(OC(C)(C)C)C=C1. The first-order valence-corrected chi connectivity index (χ1v) is 13.5. The molecule has 194 valence electrons. The van der Waals surface area contributed by atoms with Gasteiger partial charge in [0.15, 0.2) is 11.6 Å². The van der Waals surface area contributed by atoms with Crippen LogP contribution in [0.25, 0.3) is 0 Å². The van der Waals surface area contributed by atoms with Crippen molar-refractivity contribution in [2.45, 2.75) is 104 Å². The van der Waals surface area contributed by atoms with Gasteiger partial charge in [-0.1, -0.05) is 55.9 Å². The topological polar surface area (TPSA) is 52.6 Å². The normalized spacial score (nSPS) is 19.3. The van der Waals surface area contributed by atoms with Crippen molar-refractivity contribution in [3.8, 4) is 0 Å². The Kier molecular flexibility index (Phi) is 12.6. The number of carbonyl (C=O) groups is 2. The maximum absolute atomic E-state index is 13.2. The van der Waals surface area contributed by atoms with E-state index in [0.717, 1.165) is 56.1 Å². The van der Waals surface area contributed by atoms with E-state index in [0.29, 0.717) is 26.1 Å². The molecule has 0 aromatic rings. The van der Waals surface area contributed by atoms with Crippen LogP contribution in [0.5, 0.6) is 0 Å². The van der Waals surface area contributed by atoms with Crippen LogP contribution in [-0.2, 0) is 19.1 Å². The van der Waals surface area contributed by atoms with Crippen molar-refractivity contribution in [2.75, 3.05) is 13.2 Å². The highest BCUT2D eigenvalue weighted by Gasteiger charge is 2.22. The molecule has 0 heterocycles. The molecule has 2 rings (SSSR count). The van der Waals surface area contributed by atoms with Crippen LogP contribution in [0, 0.1) is 5.92 Å². The van der Waals surface area contributed by atoms with E-state index in [9.17, 15) is 9.59 Å². The van der Waals surface area contributed by atoms with Crippen molar-refractivity contribution in [1.29, 1.82) is 0 Å². The summed E-state index contributed by atoms with van der Waals surface area (Å²) in [4.78, 5) is 25.9. The fourth-order valence-corrected chi connectivity index (χ4v) is 4.58. The number of carbonyl (C=O) groups excluding carboxylic acids is 2. The molecule has 4 heteroatoms. The van der Waals surface area contributed by atoms with Crippen LogP contribution in [0.1, 0.15) is 92.4 Å². The summed E-state index contributed by atoms with van der Waals surface area (Å²) in [5.41, 5.74) is 2.64. The van der Waals surface area contributed by atoms with Gasteiger partial charge in [-0.15, -0.1) is 0 Å². The lowest BCUT2D eigenvalue weighted by molar-refractivity contribution is -0.120. The van der Waals surface area contributed by atoms with E-state index in [1.807, 2.05) is 52.0 Å². The molecule has 0 aliphatic heterocycles. The van der Waals surface area contributed by atoms with Crippen molar-refractivity contribution >= 4 is 11.6 Å². The predicted octanol–water partition coefficient (Wildman–Crippen LogP) is 7.41. The van der Waals surface area contributed by atoms with E-state index >= 15 is 0 Å². The van der Waals surface area contributed by atoms with Gasteiger partial charge in [0.2, 0.25) is 0 Å². The minimum atomic E-state index is -0.201. The number of rotatable bonds is 15. The zero-order valence-electron chi connectivity index (χ0n) is 22.6. The second-order valence-electron chi connectivity index (χ2n) is 10.6. The molecule has 0 aromatic heterocycles. The standard InChI is InChI=1S/C31H46O4/c1-6-12-27(30(33)25(7-2)21-22-34-23-24-13-9-8-10-14-24)15-11-16-29(32)26-17-19-28(20-18-26)35-31(3,4)5/h7,9,13-14,17-19,27-28H,6,8,10-12,15-16,20-23H2,1-5H3/b25-7-/t27-,28?/m1/s1. The molecule has 0 aromatic carbocycles. The Morgan fingerprint density at radius 3 is 2.51 bits per heavy atom. The van der Waals surface area contributed by atoms with Gasteiger partial charge in [-0.3, -0.25) is 9.59 Å². The first-order chi connectivity index (χ1) is 16.7. The van der Waals surface area contributed by atoms with Gasteiger partial charge in [0, 0.05) is 17.9 Å². The van der Waals surface area contributed by atoms with E-state index in [1.165, 1.54) is 5.57 Å². The lowest BCUT2D eigenvalue weighted by Crippen LogP contribution is -2.27. The average Bonchev–Trinajstić information content (AvgIpc) is 2.83. The zero-order valence-corrected chi connectivity index (χ0v) is 22.6. The third kappa shape index (κ3) is 11.0. The summed E-state index contributed by atoms with van der Waals surface area (Å²) in [6, 6.07) is 0. The van der Waals surface area contributed by atoms with E-state index in [1.54, 1.807) is 0 Å². The number of ketones is 2. The quantitative estimate of drug-likeness (QED) is 0.180. The van der Waals surface area contributed by atoms with Crippen molar-refractivity contribution in [2.24, 2.45) is 5.92 Å². The zero-order chi connectivity index (χ0) is 25.7. The van der Waals surface area contributed by atoms with Crippen molar-refractivity contribution in [3.63, 3.8) is 0 Å². The van der Waals surface area contributed by atoms with Gasteiger partial charge in [-0.25, -0.2) is 0 Å². The predicted molar refractivity (Wildman–Crippen MR) is 144 cm³/mol. The lowest BCUT2D eigenvalue weighted by Gasteiger charge is -2.26. The van der Waals surface area contributed by atoms with Gasteiger partial charge in [0.1, 0.15) is 0 Å². The third-order valence-electron chi connectivity index (χ3n) is 6.37. The number of ether oxygens (including phenoxy) is 2. The smallest absolute Gasteiger partial charge is 0.162 e. The van der Waals surface area contributed by atoms with E-state index < -0.39 is 0 Å². The summed E-state index contributed by atoms with van der Waals surface area (Å²) < 4.78 is 11.8. The lowest BCUT2D eigenvalue weighted by atomic mass is 9.87. The molecule has 2 atom stereocenters. The van der Waals surface area contributed by atoms with Gasteiger partial charge in [-0.2, -0.15) is 0 Å². The number of hydrogen-bond acceptors (Lipinski definition) is 4. The van der Waals surface area contributed by atoms with Crippen molar-refractivity contribution in [1.82, 2.24) is 0 Å². The van der Waals surface area contributed by atoms with Gasteiger partial charge < -0.3 is 9.47 Å². The van der Waals surface area contributed by atoms with Gasteiger partial charge in [-0.05, 0) is 83.8 Å². The summed E-state index contributed by atoms with van der Waals surface area (Å²) in [7, 11) is 0. The minimum Gasteiger partial charge on any atom is -0.376 e. The van der Waals surface area contributed by atoms with Crippen LogP contribution in [0.15, 0.2) is 59.3 Å². The highest BCUT2D eigenvalue weighted by molar-refractivity contribution is 5.98. The molecule has 0 amide bonds. The monoisotopic (exact) mass is 482 g/mol. The summed E-state index contributed by atoms with van der Waals surface area (Å²) in [5, 5.41) is 0. The van der Waals surface area contributed by atoms with Crippen LogP contribution in [-0.4, -0.2) is 36.5 Å². The molecular weight excluding hydrogens is 436 g/mol. The van der Waals surface area contributed by atoms with Crippen molar-refractivity contribution in [3.05, 3.63) is 59.3 Å². The molecule has 35 heavy (non-hydrogen) atoms. The highest BCUT2D eigenvalue weighted by Crippen LogP contribution is 2.24. The molecule has 0 N–H and O–H groups in total. The Bertz CT molecular complexity index is 848. The second kappa shape index (κ2) is 15.2. The average molecular weight is 483 g/mol. The molecule has 0 saturated carbocycles. The summed E-state index contributed by atoms with van der Waals surface area (Å²) >= 11 is 0. The molecular formula is C31H46O4. The van der Waals surface area contributed by atoms with Crippen LogP contribution in [0.2, 0.25) is 0 Å². The summed E-state index contributed by atoms with van der Waals surface area (Å²) in [6.45, 7) is 11.3. The maximum Gasteiger partial charge on any atom is 0.162 e. The molecule has 0 fully saturated rings. The number of Topliss-reactive ketones (excluding diaryl/α,β-unsaturated/α-hetero) is 2. The maximum atomic E-state index is 13.2. The molecule has 0 bridgehead atoms. The van der Waals surface area contributed by atoms with Crippen molar-refractivity contribution < 1.29 is 19.1 Å². The molecule has 2 aliphatic rings. The Balaban J connectivity index is 1.77. The van der Waals surface area contributed by atoms with Crippen LogP contribution in [0.4, 0.5) is 0 Å². The Hall–Kier alpha value is -2.04. The molecule has 2 aliphatic carbocycles. The fourth-order valence-electron chi connectivity index (χ4n) is 4.58. The van der Waals surface area contributed by atoms with Crippen LogP contribution >= 0.6 is 0 Å². The summed E-state index contributed by atoms with van der Waals surface area (Å²) in [6.07, 6.45) is 21.7. The molecule has 0 saturated heterocycles. The second-order valence-corrected chi connectivity index (χ2v) is 10.6. The molecule has 1 unspecified atom stereocenters. The Morgan fingerprint density at radius 1 is 1.11 bits per heavy atom. The van der Waals surface area contributed by atoms with Gasteiger partial charge >= 0.3 is 0 Å². The van der Waals surface area contributed by atoms with E-state index in [4.69, 9.17) is 9.47 Å². The first kappa shape index (κ1) is 29.2. The van der Waals surface area contributed by atoms with E-state index in [2.05, 4.69) is 25.2 Å². The molecule has 4 nitrogen and oxygen atoms in total. The van der Waals surface area contributed by atoms with Gasteiger partial charge in [0.05, 0.1) is 24.9 Å². The van der Waals surface area contributed by atoms with Crippen LogP contribution in [0.3, 0.4) is 0 Å². The number of allylic oxidation sites excluding steroid dienone is 5. The Labute approximate surface area is 213 Å². The molecule has 0 spiro atoms. The summed E-state index contributed by atoms with van der Waals surface area (Å²) in [5.74, 6) is 0.355. The Morgan fingerprint density at radius 2 is 1.91 bits per heavy atom. The third-order valence-corrected chi connectivity index (χ3v) is 6.37. The van der Waals surface area contributed by atoms with E-state index in [-0.39, 0.29) is 29.2 Å². The largest absolute Gasteiger partial charge is 0.376 e. The first-order valence-electron chi connectivity index (χ1n) is 13.5.